The van der Waals surface area contributed by atoms with Gasteiger partial charge in [0.15, 0.2) is 0 Å². The van der Waals surface area contributed by atoms with Crippen LogP contribution >= 0.6 is 0 Å². The van der Waals surface area contributed by atoms with Gasteiger partial charge in [-0.15, -0.1) is 0 Å². The number of H-pyrrole nitrogens is 1. The molecule has 0 spiro atoms. The van der Waals surface area contributed by atoms with Gasteiger partial charge in [0.1, 0.15) is 5.82 Å². The first-order valence-corrected chi connectivity index (χ1v) is 3.21. The number of aromatic nitrogens is 2. The van der Waals surface area contributed by atoms with E-state index in [1.54, 1.807) is 0 Å². The predicted molar refractivity (Wildman–Crippen MR) is 35.9 cm³/mol. The highest BCUT2D eigenvalue weighted by molar-refractivity contribution is 5.23. The van der Waals surface area contributed by atoms with Gasteiger partial charge in [0.2, 0.25) is 0 Å². The van der Waals surface area contributed by atoms with Crippen LogP contribution in [-0.2, 0) is 6.42 Å². The maximum absolute atomic E-state index is 8.80. The minimum atomic E-state index is -0.316. The van der Waals surface area contributed by atoms with E-state index in [0.717, 1.165) is 12.8 Å². The van der Waals surface area contributed by atoms with E-state index in [1.165, 1.54) is 0 Å². The van der Waals surface area contributed by atoms with E-state index in [2.05, 4.69) is 9.97 Å². The standard InChI is InChI=1S/C6H10N2O2/c1-2-3-4-7-5(9)6(10)8-4/h9-10H,2-3H2,1H3,(H,7,8). The topological polar surface area (TPSA) is 69.1 Å². The van der Waals surface area contributed by atoms with Crippen LogP contribution in [0.1, 0.15) is 19.2 Å². The molecular weight excluding hydrogens is 132 g/mol. The molecule has 1 aromatic heterocycles. The average Bonchev–Trinajstić information content (AvgIpc) is 2.14. The number of nitrogens with one attached hydrogen (secondary N) is 1. The highest BCUT2D eigenvalue weighted by atomic mass is 16.3. The molecule has 0 amide bonds. The van der Waals surface area contributed by atoms with Gasteiger partial charge in [0.25, 0.3) is 11.8 Å². The Labute approximate surface area is 58.5 Å². The fourth-order valence-corrected chi connectivity index (χ4v) is 0.757. The maximum Gasteiger partial charge on any atom is 0.275 e. The summed E-state index contributed by atoms with van der Waals surface area (Å²) >= 11 is 0. The maximum atomic E-state index is 8.80. The average molecular weight is 142 g/mol. The first-order chi connectivity index (χ1) is 4.74. The molecule has 4 heteroatoms. The van der Waals surface area contributed by atoms with Crippen molar-refractivity contribution in [2.75, 3.05) is 0 Å². The Kier molecular flexibility index (Phi) is 1.80. The van der Waals surface area contributed by atoms with E-state index >= 15 is 0 Å². The molecule has 0 radical (unpaired) electrons. The van der Waals surface area contributed by atoms with E-state index < -0.39 is 0 Å². The molecule has 1 aromatic rings. The number of rotatable bonds is 2. The van der Waals surface area contributed by atoms with E-state index in [9.17, 15) is 0 Å². The molecule has 0 fully saturated rings. The summed E-state index contributed by atoms with van der Waals surface area (Å²) in [7, 11) is 0. The number of aromatic hydroxyl groups is 2. The van der Waals surface area contributed by atoms with Crippen molar-refractivity contribution in [3.63, 3.8) is 0 Å². The molecule has 0 aliphatic carbocycles. The highest BCUT2D eigenvalue weighted by Crippen LogP contribution is 2.19. The lowest BCUT2D eigenvalue weighted by molar-refractivity contribution is 0.386. The fourth-order valence-electron chi connectivity index (χ4n) is 0.757. The van der Waals surface area contributed by atoms with Crippen LogP contribution in [0.3, 0.4) is 0 Å². The summed E-state index contributed by atoms with van der Waals surface area (Å²) in [6.07, 6.45) is 1.68. The molecule has 3 N–H and O–H groups in total. The summed E-state index contributed by atoms with van der Waals surface area (Å²) in [5.41, 5.74) is 0. The quantitative estimate of drug-likeness (QED) is 0.571. The molecule has 10 heavy (non-hydrogen) atoms. The number of imidazole rings is 1. The Hall–Kier alpha value is -1.19. The van der Waals surface area contributed by atoms with Gasteiger partial charge in [-0.25, -0.2) is 0 Å². The fraction of sp³-hybridized carbons (Fsp3) is 0.500. The second kappa shape index (κ2) is 2.60. The van der Waals surface area contributed by atoms with Gasteiger partial charge in [-0.3, -0.25) is 0 Å². The third kappa shape index (κ3) is 1.21. The summed E-state index contributed by atoms with van der Waals surface area (Å²) in [4.78, 5) is 6.19. The van der Waals surface area contributed by atoms with Gasteiger partial charge in [-0.1, -0.05) is 6.92 Å². The summed E-state index contributed by atoms with van der Waals surface area (Å²) in [5.74, 6) is 0.0596. The number of hydrogen-bond donors (Lipinski definition) is 3. The number of nitrogens with zero attached hydrogens (tertiary/aromatic N) is 1. The molecule has 0 bridgehead atoms. The van der Waals surface area contributed by atoms with Gasteiger partial charge in [-0.05, 0) is 6.42 Å². The molecule has 0 aliphatic rings. The molecule has 0 atom stereocenters. The Morgan fingerprint density at radius 3 is 2.60 bits per heavy atom. The molecule has 0 aliphatic heterocycles. The van der Waals surface area contributed by atoms with E-state index in [-0.39, 0.29) is 11.8 Å². The monoisotopic (exact) mass is 142 g/mol. The Morgan fingerprint density at radius 1 is 1.50 bits per heavy atom. The minimum Gasteiger partial charge on any atom is -0.491 e. The molecule has 1 rings (SSSR count). The van der Waals surface area contributed by atoms with E-state index in [1.807, 2.05) is 6.92 Å². The Balaban J connectivity index is 2.77. The predicted octanol–water partition coefficient (Wildman–Crippen LogP) is 0.773. The van der Waals surface area contributed by atoms with Crippen LogP contribution < -0.4 is 0 Å². The smallest absolute Gasteiger partial charge is 0.275 e. The molecule has 1 heterocycles. The van der Waals surface area contributed by atoms with E-state index in [0.29, 0.717) is 5.82 Å². The van der Waals surface area contributed by atoms with Crippen LogP contribution in [0, 0.1) is 0 Å². The largest absolute Gasteiger partial charge is 0.491 e. The van der Waals surface area contributed by atoms with Gasteiger partial charge in [-0.2, -0.15) is 4.98 Å². The van der Waals surface area contributed by atoms with Crippen LogP contribution in [0.4, 0.5) is 0 Å². The van der Waals surface area contributed by atoms with Crippen LogP contribution in [0.15, 0.2) is 0 Å². The number of aromatic amines is 1. The van der Waals surface area contributed by atoms with Crippen LogP contribution in [0.5, 0.6) is 11.8 Å². The van der Waals surface area contributed by atoms with Crippen LogP contribution in [0.2, 0.25) is 0 Å². The molecule has 0 saturated carbocycles. The highest BCUT2D eigenvalue weighted by Gasteiger charge is 2.04. The van der Waals surface area contributed by atoms with Crippen molar-refractivity contribution in [2.45, 2.75) is 19.8 Å². The lowest BCUT2D eigenvalue weighted by atomic mass is 10.3. The van der Waals surface area contributed by atoms with Crippen molar-refractivity contribution in [1.82, 2.24) is 9.97 Å². The lowest BCUT2D eigenvalue weighted by Gasteiger charge is -1.86. The number of aryl methyl sites for hydroxylation is 1. The molecule has 0 unspecified atom stereocenters. The third-order valence-corrected chi connectivity index (χ3v) is 1.20. The van der Waals surface area contributed by atoms with Gasteiger partial charge in [0, 0.05) is 6.42 Å². The molecule has 0 saturated heterocycles. The molecule has 4 nitrogen and oxygen atoms in total. The van der Waals surface area contributed by atoms with Crippen molar-refractivity contribution in [1.29, 1.82) is 0 Å². The summed E-state index contributed by atoms with van der Waals surface area (Å²) in [5, 5.41) is 17.6. The second-order valence-electron chi connectivity index (χ2n) is 2.11. The third-order valence-electron chi connectivity index (χ3n) is 1.20. The van der Waals surface area contributed by atoms with E-state index in [4.69, 9.17) is 10.2 Å². The first kappa shape index (κ1) is 6.92. The first-order valence-electron chi connectivity index (χ1n) is 3.21. The minimum absolute atomic E-state index is 0.247. The van der Waals surface area contributed by atoms with Gasteiger partial charge in [0.05, 0.1) is 0 Å². The SMILES string of the molecule is CCCc1nc(O)c(O)[nH]1. The summed E-state index contributed by atoms with van der Waals surface area (Å²) < 4.78 is 0. The van der Waals surface area contributed by atoms with Crippen molar-refractivity contribution in [2.24, 2.45) is 0 Å². The van der Waals surface area contributed by atoms with Crippen LogP contribution in [-0.4, -0.2) is 20.2 Å². The Bertz CT molecular complexity index is 200. The second-order valence-corrected chi connectivity index (χ2v) is 2.11. The van der Waals surface area contributed by atoms with Crippen molar-refractivity contribution < 1.29 is 10.2 Å². The molecule has 0 aromatic carbocycles. The van der Waals surface area contributed by atoms with Crippen molar-refractivity contribution in [3.8, 4) is 11.8 Å². The lowest BCUT2D eigenvalue weighted by Crippen LogP contribution is -1.83. The van der Waals surface area contributed by atoms with Gasteiger partial charge >= 0.3 is 0 Å². The van der Waals surface area contributed by atoms with Crippen molar-refractivity contribution >= 4 is 0 Å². The molecular formula is C6H10N2O2. The summed E-state index contributed by atoms with van der Waals surface area (Å²) in [6, 6.07) is 0. The normalized spacial score (nSPS) is 10.1. The number of hydrogen-bond acceptors (Lipinski definition) is 3. The summed E-state index contributed by atoms with van der Waals surface area (Å²) in [6.45, 7) is 2.00. The van der Waals surface area contributed by atoms with Crippen molar-refractivity contribution in [3.05, 3.63) is 5.82 Å². The zero-order chi connectivity index (χ0) is 7.56. The molecule has 56 valence electrons. The zero-order valence-corrected chi connectivity index (χ0v) is 5.76. The van der Waals surface area contributed by atoms with Gasteiger partial charge < -0.3 is 15.2 Å². The Morgan fingerprint density at radius 2 is 2.20 bits per heavy atom. The van der Waals surface area contributed by atoms with Crippen LogP contribution in [0.25, 0.3) is 0 Å². The zero-order valence-electron chi connectivity index (χ0n) is 5.76.